The van der Waals surface area contributed by atoms with Crippen LogP contribution < -0.4 is 20.7 Å². The second-order valence-corrected chi connectivity index (χ2v) is 6.96. The van der Waals surface area contributed by atoms with Gasteiger partial charge in [-0.15, -0.1) is 0 Å². The first-order chi connectivity index (χ1) is 14.3. The summed E-state index contributed by atoms with van der Waals surface area (Å²) in [5, 5.41) is 9.89. The van der Waals surface area contributed by atoms with E-state index < -0.39 is 6.29 Å². The van der Waals surface area contributed by atoms with Gasteiger partial charge in [-0.3, -0.25) is 5.32 Å². The molecule has 2 rings (SSSR count). The summed E-state index contributed by atoms with van der Waals surface area (Å²) < 4.78 is 15.7. The zero-order chi connectivity index (χ0) is 22.1. The maximum atomic E-state index is 6.08. The van der Waals surface area contributed by atoms with Gasteiger partial charge in [-0.1, -0.05) is 11.6 Å². The first-order valence-corrected chi connectivity index (χ1v) is 9.74. The van der Waals surface area contributed by atoms with Gasteiger partial charge in [0.25, 0.3) is 0 Å². The van der Waals surface area contributed by atoms with Gasteiger partial charge < -0.3 is 24.8 Å². The lowest BCUT2D eigenvalue weighted by molar-refractivity contribution is -0.0937. The molecule has 0 radical (unpaired) electrons. The van der Waals surface area contributed by atoms with Gasteiger partial charge in [0, 0.05) is 30.6 Å². The van der Waals surface area contributed by atoms with E-state index in [1.165, 1.54) is 14.2 Å². The number of benzene rings is 1. The fourth-order valence-electron chi connectivity index (χ4n) is 2.45. The SMILES string of the molecule is COc1ccc(Cl)cc1NC(=S)NC(=NCC(OC)OC)Nc1nc(C)cc(C)n1. The van der Waals surface area contributed by atoms with Crippen LogP contribution in [0, 0.1) is 13.8 Å². The van der Waals surface area contributed by atoms with Crippen LogP contribution in [0.25, 0.3) is 0 Å². The van der Waals surface area contributed by atoms with Crippen LogP contribution >= 0.6 is 23.8 Å². The lowest BCUT2D eigenvalue weighted by Gasteiger charge is -2.17. The van der Waals surface area contributed by atoms with Gasteiger partial charge in [0.05, 0.1) is 19.3 Å². The Kier molecular flexibility index (Phi) is 9.18. The maximum absolute atomic E-state index is 6.08. The highest BCUT2D eigenvalue weighted by Gasteiger charge is 2.11. The van der Waals surface area contributed by atoms with Crippen LogP contribution in [0.4, 0.5) is 11.6 Å². The van der Waals surface area contributed by atoms with E-state index in [0.29, 0.717) is 28.4 Å². The van der Waals surface area contributed by atoms with E-state index in [1.807, 2.05) is 19.9 Å². The van der Waals surface area contributed by atoms with Crippen molar-refractivity contribution in [3.63, 3.8) is 0 Å². The van der Waals surface area contributed by atoms with E-state index in [0.717, 1.165) is 11.4 Å². The topological polar surface area (TPSA) is 102 Å². The molecular weight excluding hydrogens is 428 g/mol. The van der Waals surface area contributed by atoms with Crippen LogP contribution in [0.2, 0.25) is 5.02 Å². The molecule has 3 N–H and O–H groups in total. The number of aryl methyl sites for hydroxylation is 2. The third-order valence-corrected chi connectivity index (χ3v) is 4.22. The molecule has 0 aliphatic carbocycles. The predicted octanol–water partition coefficient (Wildman–Crippen LogP) is 3.13. The van der Waals surface area contributed by atoms with Gasteiger partial charge in [-0.2, -0.15) is 0 Å². The molecule has 0 bridgehead atoms. The Labute approximate surface area is 186 Å². The highest BCUT2D eigenvalue weighted by Crippen LogP contribution is 2.27. The van der Waals surface area contributed by atoms with Gasteiger partial charge in [-0.25, -0.2) is 15.0 Å². The van der Waals surface area contributed by atoms with Crippen molar-refractivity contribution in [2.24, 2.45) is 4.99 Å². The van der Waals surface area contributed by atoms with Crippen molar-refractivity contribution in [2.75, 3.05) is 38.5 Å². The summed E-state index contributed by atoms with van der Waals surface area (Å²) in [6.45, 7) is 3.98. The Morgan fingerprint density at radius 2 is 1.77 bits per heavy atom. The van der Waals surface area contributed by atoms with Gasteiger partial charge in [0.2, 0.25) is 11.9 Å². The summed E-state index contributed by atoms with van der Waals surface area (Å²) in [6.07, 6.45) is -0.515. The van der Waals surface area contributed by atoms with Crippen LogP contribution in [0.5, 0.6) is 5.75 Å². The summed E-state index contributed by atoms with van der Waals surface area (Å²) in [4.78, 5) is 13.2. The average molecular weight is 453 g/mol. The molecule has 0 unspecified atom stereocenters. The summed E-state index contributed by atoms with van der Waals surface area (Å²) >= 11 is 11.5. The summed E-state index contributed by atoms with van der Waals surface area (Å²) in [5.41, 5.74) is 2.25. The van der Waals surface area contributed by atoms with E-state index in [9.17, 15) is 0 Å². The van der Waals surface area contributed by atoms with Crippen molar-refractivity contribution in [3.8, 4) is 5.75 Å². The van der Waals surface area contributed by atoms with Crippen molar-refractivity contribution in [1.82, 2.24) is 15.3 Å². The molecule has 0 atom stereocenters. The molecular formula is C19H25ClN6O3S. The predicted molar refractivity (Wildman–Crippen MR) is 123 cm³/mol. The Morgan fingerprint density at radius 3 is 2.37 bits per heavy atom. The first-order valence-electron chi connectivity index (χ1n) is 8.95. The number of thiocarbonyl (C=S) groups is 1. The fraction of sp³-hybridized carbons (Fsp3) is 0.368. The molecule has 11 heteroatoms. The van der Waals surface area contributed by atoms with Crippen LogP contribution in [0.1, 0.15) is 11.4 Å². The summed E-state index contributed by atoms with van der Waals surface area (Å²) in [5.74, 6) is 1.29. The van der Waals surface area contributed by atoms with Crippen molar-refractivity contribution < 1.29 is 14.2 Å². The number of guanidine groups is 1. The first kappa shape index (κ1) is 23.7. The smallest absolute Gasteiger partial charge is 0.229 e. The Hall–Kier alpha value is -2.53. The Balaban J connectivity index is 2.20. The molecule has 0 spiro atoms. The monoisotopic (exact) mass is 452 g/mol. The van der Waals surface area contributed by atoms with Crippen molar-refractivity contribution in [3.05, 3.63) is 40.7 Å². The highest BCUT2D eigenvalue weighted by molar-refractivity contribution is 7.80. The van der Waals surface area contributed by atoms with E-state index in [2.05, 4.69) is 30.9 Å². The lowest BCUT2D eigenvalue weighted by atomic mass is 10.3. The molecule has 9 nitrogen and oxygen atoms in total. The molecule has 0 saturated carbocycles. The molecule has 1 heterocycles. The number of aliphatic imine (C=N–C) groups is 1. The van der Waals surface area contributed by atoms with Crippen molar-refractivity contribution >= 4 is 46.5 Å². The second kappa shape index (κ2) is 11.6. The minimum absolute atomic E-state index is 0.218. The standard InChI is InChI=1S/C19H25ClN6O3S/c1-11-8-12(2)23-18(22-11)25-17(21-10-16(28-4)29-5)26-19(30)24-14-9-13(20)6-7-15(14)27-3/h6-9,16H,10H2,1-5H3,(H3,21,22,23,24,25,26,30). The summed E-state index contributed by atoms with van der Waals surface area (Å²) in [7, 11) is 4.64. The van der Waals surface area contributed by atoms with Gasteiger partial charge in [-0.05, 0) is 50.3 Å². The largest absolute Gasteiger partial charge is 0.495 e. The third-order valence-electron chi connectivity index (χ3n) is 3.78. The molecule has 0 aliphatic heterocycles. The normalized spacial score (nSPS) is 11.4. The molecule has 1 aromatic heterocycles. The number of ether oxygens (including phenoxy) is 3. The van der Waals surface area contributed by atoms with Crippen molar-refractivity contribution in [1.29, 1.82) is 0 Å². The van der Waals surface area contributed by atoms with Crippen LogP contribution in [-0.2, 0) is 9.47 Å². The minimum atomic E-state index is -0.515. The number of nitrogens with one attached hydrogen (secondary N) is 3. The van der Waals surface area contributed by atoms with Gasteiger partial charge in [0.1, 0.15) is 5.75 Å². The van der Waals surface area contributed by atoms with E-state index in [1.54, 1.807) is 25.3 Å². The quantitative estimate of drug-likeness (QED) is 0.253. The molecule has 0 amide bonds. The molecule has 0 fully saturated rings. The van der Waals surface area contributed by atoms with Crippen LogP contribution in [-0.4, -0.2) is 55.2 Å². The van der Waals surface area contributed by atoms with Crippen LogP contribution in [0.3, 0.4) is 0 Å². The number of nitrogens with zero attached hydrogens (tertiary/aromatic N) is 3. The molecule has 30 heavy (non-hydrogen) atoms. The number of aromatic nitrogens is 2. The number of hydrogen-bond acceptors (Lipinski definition) is 7. The van der Waals surface area contributed by atoms with E-state index >= 15 is 0 Å². The highest BCUT2D eigenvalue weighted by atomic mass is 35.5. The fourth-order valence-corrected chi connectivity index (χ4v) is 2.83. The maximum Gasteiger partial charge on any atom is 0.229 e. The number of anilines is 2. The zero-order valence-electron chi connectivity index (χ0n) is 17.4. The Bertz CT molecular complexity index is 888. The van der Waals surface area contributed by atoms with Gasteiger partial charge in [0.15, 0.2) is 11.4 Å². The van der Waals surface area contributed by atoms with Gasteiger partial charge >= 0.3 is 0 Å². The second-order valence-electron chi connectivity index (χ2n) is 6.11. The zero-order valence-corrected chi connectivity index (χ0v) is 19.0. The van der Waals surface area contributed by atoms with E-state index in [-0.39, 0.29) is 11.7 Å². The number of rotatable bonds is 7. The average Bonchev–Trinajstić information content (AvgIpc) is 2.68. The molecule has 1 aromatic carbocycles. The van der Waals surface area contributed by atoms with E-state index in [4.69, 9.17) is 38.0 Å². The number of methoxy groups -OCH3 is 3. The molecule has 162 valence electrons. The number of halogens is 1. The summed E-state index contributed by atoms with van der Waals surface area (Å²) in [6, 6.07) is 7.05. The Morgan fingerprint density at radius 1 is 1.10 bits per heavy atom. The molecule has 0 aliphatic rings. The van der Waals surface area contributed by atoms with Crippen LogP contribution in [0.15, 0.2) is 29.3 Å². The lowest BCUT2D eigenvalue weighted by Crippen LogP contribution is -2.40. The molecule has 0 saturated heterocycles. The molecule has 2 aromatic rings. The van der Waals surface area contributed by atoms with Crippen molar-refractivity contribution in [2.45, 2.75) is 20.1 Å². The minimum Gasteiger partial charge on any atom is -0.495 e. The third kappa shape index (κ3) is 7.38. The number of hydrogen-bond donors (Lipinski definition) is 3.